The number of hydrogen-bond donors (Lipinski definition) is 0. The third kappa shape index (κ3) is 5.33. The maximum absolute atomic E-state index is 13.6. The quantitative estimate of drug-likeness (QED) is 0.318. The maximum Gasteiger partial charge on any atom is 0.417 e. The minimum Gasteiger partial charge on any atom is -0.369 e. The van der Waals surface area contributed by atoms with Crippen LogP contribution in [0.2, 0.25) is 5.02 Å². The average molecular weight is 459 g/mol. The summed E-state index contributed by atoms with van der Waals surface area (Å²) in [5.41, 5.74) is -1.91. The number of benzene rings is 2. The summed E-state index contributed by atoms with van der Waals surface area (Å²) in [5, 5.41) is 10.1. The molecule has 0 aliphatic rings. The average Bonchev–Trinajstić information content (AvgIpc) is 2.69. The predicted molar refractivity (Wildman–Crippen MR) is 108 cm³/mol. The molecule has 0 fully saturated rings. The lowest BCUT2D eigenvalue weighted by atomic mass is 9.98. The first-order valence-corrected chi connectivity index (χ1v) is 10.6. The van der Waals surface area contributed by atoms with Crippen molar-refractivity contribution in [3.63, 3.8) is 0 Å². The zero-order valence-electron chi connectivity index (χ0n) is 16.1. The second kappa shape index (κ2) is 9.51. The molecule has 0 spiro atoms. The van der Waals surface area contributed by atoms with Crippen molar-refractivity contribution < 1.29 is 25.8 Å². The molecule has 2 aromatic rings. The van der Waals surface area contributed by atoms with Gasteiger partial charge in [-0.2, -0.15) is 31.2 Å². The highest BCUT2D eigenvalue weighted by Crippen LogP contribution is 2.38. The molecule has 30 heavy (non-hydrogen) atoms. The van der Waals surface area contributed by atoms with Gasteiger partial charge in [0.1, 0.15) is 11.6 Å². The van der Waals surface area contributed by atoms with Crippen molar-refractivity contribution in [3.05, 3.63) is 70.2 Å². The van der Waals surface area contributed by atoms with E-state index in [1.165, 1.54) is 30.3 Å². The molecular weight excluding hydrogens is 441 g/mol. The standard InChI is InChI=1S/C20H18ClF3N2O3S/c1-3-26(4-2)30(27,28)29-19(16-7-5-6-8-18(16)20(22,23)24)17(13-25)14-9-11-15(21)12-10-14/h5-12H,3-4H2,1-2H3/b19-17+. The molecule has 0 heterocycles. The molecule has 5 nitrogen and oxygen atoms in total. The number of alkyl halides is 3. The Morgan fingerprint density at radius 1 is 1.10 bits per heavy atom. The largest absolute Gasteiger partial charge is 0.417 e. The van der Waals surface area contributed by atoms with Crippen LogP contribution in [0, 0.1) is 11.3 Å². The Morgan fingerprint density at radius 3 is 2.17 bits per heavy atom. The Labute approximate surface area is 178 Å². The van der Waals surface area contributed by atoms with Crippen molar-refractivity contribution >= 4 is 33.2 Å². The molecule has 0 radical (unpaired) electrons. The number of halogens is 4. The van der Waals surface area contributed by atoms with Crippen LogP contribution < -0.4 is 0 Å². The third-order valence-electron chi connectivity index (χ3n) is 4.16. The van der Waals surface area contributed by atoms with Gasteiger partial charge in [0, 0.05) is 23.7 Å². The Morgan fingerprint density at radius 2 is 1.67 bits per heavy atom. The van der Waals surface area contributed by atoms with Crippen LogP contribution in [0.1, 0.15) is 30.5 Å². The fourth-order valence-electron chi connectivity index (χ4n) is 2.71. The van der Waals surface area contributed by atoms with Crippen molar-refractivity contribution in [2.45, 2.75) is 20.0 Å². The molecule has 2 aromatic carbocycles. The summed E-state index contributed by atoms with van der Waals surface area (Å²) in [5.74, 6) is -0.709. The van der Waals surface area contributed by atoms with Gasteiger partial charge in [0.15, 0.2) is 5.76 Å². The molecule has 0 amide bonds. The van der Waals surface area contributed by atoms with Gasteiger partial charge < -0.3 is 4.18 Å². The first-order chi connectivity index (χ1) is 14.0. The zero-order chi connectivity index (χ0) is 22.5. The van der Waals surface area contributed by atoms with E-state index in [4.69, 9.17) is 15.8 Å². The number of nitriles is 1. The molecule has 0 unspecified atom stereocenters. The number of allylic oxidation sites excluding steroid dienone is 1. The van der Waals surface area contributed by atoms with E-state index in [1.807, 2.05) is 0 Å². The molecule has 10 heteroatoms. The predicted octanol–water partition coefficient (Wildman–Crippen LogP) is 5.35. The van der Waals surface area contributed by atoms with Crippen LogP contribution in [0.5, 0.6) is 0 Å². The lowest BCUT2D eigenvalue weighted by Gasteiger charge is -2.22. The van der Waals surface area contributed by atoms with Gasteiger partial charge in [-0.25, -0.2) is 0 Å². The second-order valence-corrected chi connectivity index (χ2v) is 7.97. The van der Waals surface area contributed by atoms with Crippen LogP contribution in [0.3, 0.4) is 0 Å². The Bertz CT molecular complexity index is 1070. The number of hydrogen-bond acceptors (Lipinski definition) is 4. The van der Waals surface area contributed by atoms with Crippen molar-refractivity contribution in [2.75, 3.05) is 13.1 Å². The molecule has 0 saturated heterocycles. The first kappa shape index (κ1) is 23.7. The monoisotopic (exact) mass is 458 g/mol. The summed E-state index contributed by atoms with van der Waals surface area (Å²) in [7, 11) is -4.47. The van der Waals surface area contributed by atoms with Crippen LogP contribution >= 0.6 is 11.6 Å². The lowest BCUT2D eigenvalue weighted by Crippen LogP contribution is -2.32. The van der Waals surface area contributed by atoms with Crippen LogP contribution in [-0.4, -0.2) is 25.8 Å². The summed E-state index contributed by atoms with van der Waals surface area (Å²) in [6.45, 7) is 3.19. The van der Waals surface area contributed by atoms with Crippen LogP contribution in [0.25, 0.3) is 11.3 Å². The molecule has 0 bridgehead atoms. The minimum atomic E-state index is -4.80. The smallest absolute Gasteiger partial charge is 0.369 e. The van der Waals surface area contributed by atoms with Crippen molar-refractivity contribution in [1.29, 1.82) is 5.26 Å². The first-order valence-electron chi connectivity index (χ1n) is 8.81. The Hall–Kier alpha value is -2.54. The van der Waals surface area contributed by atoms with Crippen LogP contribution in [0.4, 0.5) is 13.2 Å². The molecule has 160 valence electrons. The van der Waals surface area contributed by atoms with Gasteiger partial charge in [-0.1, -0.05) is 55.8 Å². The van der Waals surface area contributed by atoms with E-state index in [0.29, 0.717) is 5.02 Å². The topological polar surface area (TPSA) is 70.4 Å². The molecule has 0 aliphatic carbocycles. The highest BCUT2D eigenvalue weighted by Gasteiger charge is 2.36. The number of nitrogens with zero attached hydrogens (tertiary/aromatic N) is 2. The highest BCUT2D eigenvalue weighted by molar-refractivity contribution is 7.84. The van der Waals surface area contributed by atoms with E-state index >= 15 is 0 Å². The van der Waals surface area contributed by atoms with Gasteiger partial charge in [0.05, 0.1) is 5.56 Å². The Balaban J connectivity index is 2.84. The molecule has 0 aliphatic heterocycles. The molecule has 0 atom stereocenters. The molecule has 2 rings (SSSR count). The van der Waals surface area contributed by atoms with E-state index < -0.39 is 33.4 Å². The van der Waals surface area contributed by atoms with Gasteiger partial charge in [-0.05, 0) is 23.8 Å². The number of rotatable bonds is 7. The van der Waals surface area contributed by atoms with Crippen LogP contribution in [0.15, 0.2) is 48.5 Å². The Kier molecular flexibility index (Phi) is 7.53. The van der Waals surface area contributed by atoms with Gasteiger partial charge in [0.2, 0.25) is 0 Å². The minimum absolute atomic E-state index is 0.0376. The fraction of sp³-hybridized carbons (Fsp3) is 0.250. The fourth-order valence-corrected chi connectivity index (χ4v) is 3.96. The molecule has 0 saturated carbocycles. The second-order valence-electron chi connectivity index (χ2n) is 5.99. The molecule has 0 N–H and O–H groups in total. The van der Waals surface area contributed by atoms with Gasteiger partial charge in [-0.15, -0.1) is 0 Å². The van der Waals surface area contributed by atoms with Gasteiger partial charge in [0.25, 0.3) is 0 Å². The maximum atomic E-state index is 13.6. The summed E-state index contributed by atoms with van der Waals surface area (Å²) in [6, 6.07) is 11.7. The normalized spacial score (nSPS) is 13.0. The highest BCUT2D eigenvalue weighted by atomic mass is 35.5. The summed E-state index contributed by atoms with van der Waals surface area (Å²) in [4.78, 5) is 0. The van der Waals surface area contributed by atoms with Crippen molar-refractivity contribution in [1.82, 2.24) is 4.31 Å². The van der Waals surface area contributed by atoms with Gasteiger partial charge >= 0.3 is 16.5 Å². The van der Waals surface area contributed by atoms with Gasteiger partial charge in [-0.3, -0.25) is 0 Å². The summed E-state index contributed by atoms with van der Waals surface area (Å²) < 4.78 is 72.3. The van der Waals surface area contributed by atoms with E-state index in [2.05, 4.69) is 0 Å². The van der Waals surface area contributed by atoms with E-state index in [1.54, 1.807) is 19.9 Å². The van der Waals surface area contributed by atoms with E-state index in [9.17, 15) is 26.9 Å². The summed E-state index contributed by atoms with van der Waals surface area (Å²) >= 11 is 5.85. The summed E-state index contributed by atoms with van der Waals surface area (Å²) in [6.07, 6.45) is -4.80. The van der Waals surface area contributed by atoms with Crippen molar-refractivity contribution in [3.8, 4) is 6.07 Å². The van der Waals surface area contributed by atoms with E-state index in [0.717, 1.165) is 22.5 Å². The molecular formula is C20H18ClF3N2O3S. The van der Waals surface area contributed by atoms with Crippen LogP contribution in [-0.2, 0) is 20.7 Å². The SMILES string of the molecule is CCN(CC)S(=O)(=O)O/C(=C(\C#N)c1ccc(Cl)cc1)c1ccccc1C(F)(F)F. The van der Waals surface area contributed by atoms with E-state index in [-0.39, 0.29) is 24.2 Å². The lowest BCUT2D eigenvalue weighted by molar-refractivity contribution is -0.137. The zero-order valence-corrected chi connectivity index (χ0v) is 17.6. The van der Waals surface area contributed by atoms with Crippen molar-refractivity contribution in [2.24, 2.45) is 0 Å². The third-order valence-corrected chi connectivity index (χ3v) is 5.94. The molecule has 0 aromatic heterocycles.